The zero-order valence-corrected chi connectivity index (χ0v) is 24.7. The van der Waals surface area contributed by atoms with Gasteiger partial charge >= 0.3 is 5.97 Å². The number of aliphatic hydroxyl groups is 1. The van der Waals surface area contributed by atoms with Crippen molar-refractivity contribution in [3.8, 4) is 11.8 Å². The Balaban J connectivity index is 1.70. The number of thiophene rings is 1. The van der Waals surface area contributed by atoms with Gasteiger partial charge in [-0.25, -0.2) is 4.79 Å². The first-order valence-corrected chi connectivity index (χ1v) is 15.4. The molecule has 38 heavy (non-hydrogen) atoms. The van der Waals surface area contributed by atoms with Crippen LogP contribution in [0.3, 0.4) is 0 Å². The van der Waals surface area contributed by atoms with Crippen LogP contribution in [-0.4, -0.2) is 60.8 Å². The molecule has 1 aromatic rings. The predicted molar refractivity (Wildman–Crippen MR) is 153 cm³/mol. The molecule has 0 spiro atoms. The summed E-state index contributed by atoms with van der Waals surface area (Å²) in [4.78, 5) is 32.9. The first-order chi connectivity index (χ1) is 18.1. The topological polar surface area (TPSA) is 70.1 Å². The molecule has 0 radical (unpaired) electrons. The Bertz CT molecular complexity index is 1030. The molecule has 3 aliphatic rings. The molecule has 2 aliphatic carbocycles. The molecule has 0 bridgehead atoms. The average molecular weight is 543 g/mol. The normalized spacial score (nSPS) is 28.4. The number of aliphatic hydroxyl groups excluding tert-OH is 1. The molecular formula is C31H46N2O4S. The summed E-state index contributed by atoms with van der Waals surface area (Å²) in [5.41, 5.74) is 0.469. The number of anilines is 1. The van der Waals surface area contributed by atoms with Gasteiger partial charge in [0, 0.05) is 23.9 Å². The number of likely N-dealkylation sites (tertiary alicyclic amines) is 1. The van der Waals surface area contributed by atoms with Crippen LogP contribution in [0.2, 0.25) is 0 Å². The number of amides is 1. The van der Waals surface area contributed by atoms with Crippen LogP contribution in [0.25, 0.3) is 0 Å². The minimum atomic E-state index is -0.423. The van der Waals surface area contributed by atoms with Gasteiger partial charge in [0.15, 0.2) is 0 Å². The van der Waals surface area contributed by atoms with Crippen LogP contribution in [0, 0.1) is 35.0 Å². The molecule has 0 aromatic carbocycles. The number of hydrogen-bond donors (Lipinski definition) is 1. The summed E-state index contributed by atoms with van der Waals surface area (Å²) >= 11 is 1.32. The van der Waals surface area contributed by atoms with E-state index in [1.54, 1.807) is 0 Å². The second-order valence-corrected chi connectivity index (χ2v) is 13.8. The van der Waals surface area contributed by atoms with Gasteiger partial charge in [0.05, 0.1) is 23.8 Å². The zero-order valence-electron chi connectivity index (χ0n) is 23.9. The maximum atomic E-state index is 14.3. The Hall–Kier alpha value is -1.88. The van der Waals surface area contributed by atoms with Crippen LogP contribution in [-0.2, 0) is 9.53 Å². The lowest BCUT2D eigenvalue weighted by Gasteiger charge is -2.42. The molecule has 1 amide bonds. The number of carbonyl (C=O) groups excluding carboxylic acids is 2. The number of nitrogens with zero attached hydrogens (tertiary/aromatic N) is 2. The highest BCUT2D eigenvalue weighted by molar-refractivity contribution is 7.15. The zero-order chi connectivity index (χ0) is 27.4. The van der Waals surface area contributed by atoms with E-state index in [4.69, 9.17) is 4.74 Å². The predicted octanol–water partition coefficient (Wildman–Crippen LogP) is 5.72. The lowest BCUT2D eigenvalue weighted by Crippen LogP contribution is -2.50. The highest BCUT2D eigenvalue weighted by atomic mass is 32.1. The quantitative estimate of drug-likeness (QED) is 0.368. The first kappa shape index (κ1) is 29.1. The minimum absolute atomic E-state index is 0.0374. The molecule has 1 N–H and O–H groups in total. The Labute approximate surface area is 233 Å². The Morgan fingerprint density at radius 3 is 2.45 bits per heavy atom. The van der Waals surface area contributed by atoms with Gasteiger partial charge in [-0.05, 0) is 110 Å². The molecule has 3 atom stereocenters. The van der Waals surface area contributed by atoms with E-state index in [9.17, 15) is 14.7 Å². The van der Waals surface area contributed by atoms with Gasteiger partial charge in [0.1, 0.15) is 4.88 Å². The first-order valence-electron chi connectivity index (χ1n) is 14.5. The van der Waals surface area contributed by atoms with Crippen molar-refractivity contribution < 1.29 is 19.4 Å². The Morgan fingerprint density at radius 2 is 1.82 bits per heavy atom. The molecule has 6 nitrogen and oxygen atoms in total. The van der Waals surface area contributed by atoms with Crippen molar-refractivity contribution >= 4 is 28.9 Å². The number of hydrogen-bond acceptors (Lipinski definition) is 6. The maximum absolute atomic E-state index is 14.3. The fourth-order valence-corrected chi connectivity index (χ4v) is 7.18. The highest BCUT2D eigenvalue weighted by Gasteiger charge is 2.40. The van der Waals surface area contributed by atoms with E-state index in [2.05, 4.69) is 44.4 Å². The van der Waals surface area contributed by atoms with E-state index in [0.29, 0.717) is 22.9 Å². The van der Waals surface area contributed by atoms with Crippen molar-refractivity contribution in [2.45, 2.75) is 97.6 Å². The number of esters is 1. The van der Waals surface area contributed by atoms with Crippen molar-refractivity contribution in [3.05, 3.63) is 15.8 Å². The van der Waals surface area contributed by atoms with Gasteiger partial charge < -0.3 is 19.6 Å². The fraction of sp³-hybridized carbons (Fsp3) is 0.742. The monoisotopic (exact) mass is 542 g/mol. The molecule has 2 heterocycles. The average Bonchev–Trinajstić information content (AvgIpc) is 3.54. The molecule has 1 aromatic heterocycles. The second-order valence-electron chi connectivity index (χ2n) is 12.8. The molecule has 210 valence electrons. The molecule has 1 aliphatic heterocycles. The number of rotatable bonds is 6. The van der Waals surface area contributed by atoms with Gasteiger partial charge in [-0.15, -0.1) is 11.3 Å². The summed E-state index contributed by atoms with van der Waals surface area (Å²) in [6.07, 6.45) is 8.10. The fourth-order valence-electron chi connectivity index (χ4n) is 6.26. The molecule has 4 rings (SSSR count). The van der Waals surface area contributed by atoms with Crippen LogP contribution < -0.4 is 4.90 Å². The van der Waals surface area contributed by atoms with Crippen LogP contribution in [0.5, 0.6) is 0 Å². The summed E-state index contributed by atoms with van der Waals surface area (Å²) in [5, 5.41) is 10.9. The van der Waals surface area contributed by atoms with E-state index in [0.717, 1.165) is 63.0 Å². The third-order valence-electron chi connectivity index (χ3n) is 8.48. The van der Waals surface area contributed by atoms with Crippen LogP contribution in [0.15, 0.2) is 6.07 Å². The largest absolute Gasteiger partial charge is 0.465 e. The SMILES string of the molecule is COC(=O)c1sc(C#CC(C)(C)C)cc1N(C(=O)C1CCC(C)CC1)[C@@H]1CCC(O)C(CN2CCCC2)C1. The van der Waals surface area contributed by atoms with Crippen LogP contribution in [0.1, 0.15) is 100 Å². The van der Waals surface area contributed by atoms with Gasteiger partial charge in [0.25, 0.3) is 0 Å². The summed E-state index contributed by atoms with van der Waals surface area (Å²) in [6.45, 7) is 11.5. The summed E-state index contributed by atoms with van der Waals surface area (Å²) in [7, 11) is 1.39. The van der Waals surface area contributed by atoms with E-state index in [1.165, 1.54) is 31.3 Å². The van der Waals surface area contributed by atoms with Gasteiger partial charge in [0.2, 0.25) is 5.91 Å². The number of carbonyl (C=O) groups is 2. The van der Waals surface area contributed by atoms with Gasteiger partial charge in [-0.2, -0.15) is 0 Å². The summed E-state index contributed by atoms with van der Waals surface area (Å²) in [6, 6.07) is 1.87. The third-order valence-corrected chi connectivity index (χ3v) is 9.50. The van der Waals surface area contributed by atoms with Crippen molar-refractivity contribution in [2.75, 3.05) is 31.6 Å². The number of methoxy groups -OCH3 is 1. The summed E-state index contributed by atoms with van der Waals surface area (Å²) < 4.78 is 5.18. The lowest BCUT2D eigenvalue weighted by molar-refractivity contribution is -0.124. The lowest BCUT2D eigenvalue weighted by atomic mass is 9.79. The Kier molecular flexibility index (Phi) is 9.60. The van der Waals surface area contributed by atoms with Crippen molar-refractivity contribution in [3.63, 3.8) is 0 Å². The van der Waals surface area contributed by atoms with E-state index >= 15 is 0 Å². The maximum Gasteiger partial charge on any atom is 0.350 e. The third kappa shape index (κ3) is 7.20. The van der Waals surface area contributed by atoms with Crippen molar-refractivity contribution in [1.82, 2.24) is 4.90 Å². The van der Waals surface area contributed by atoms with Crippen LogP contribution >= 0.6 is 11.3 Å². The Morgan fingerprint density at radius 1 is 1.13 bits per heavy atom. The molecule has 7 heteroatoms. The van der Waals surface area contributed by atoms with E-state index < -0.39 is 5.97 Å². The molecule has 1 saturated heterocycles. The number of ether oxygens (including phenoxy) is 1. The van der Waals surface area contributed by atoms with Gasteiger partial charge in [-0.3, -0.25) is 4.79 Å². The van der Waals surface area contributed by atoms with Crippen molar-refractivity contribution in [2.24, 2.45) is 23.2 Å². The van der Waals surface area contributed by atoms with E-state index in [-0.39, 0.29) is 35.3 Å². The second kappa shape index (κ2) is 12.5. The smallest absolute Gasteiger partial charge is 0.350 e. The molecule has 2 saturated carbocycles. The molecule has 2 unspecified atom stereocenters. The minimum Gasteiger partial charge on any atom is -0.465 e. The van der Waals surface area contributed by atoms with Gasteiger partial charge in [-0.1, -0.05) is 18.8 Å². The van der Waals surface area contributed by atoms with E-state index in [1.807, 2.05) is 11.0 Å². The molecule has 3 fully saturated rings. The highest BCUT2D eigenvalue weighted by Crippen LogP contribution is 2.40. The van der Waals surface area contributed by atoms with Crippen LogP contribution in [0.4, 0.5) is 5.69 Å². The standard InChI is InChI=1S/C31H46N2O4S/c1-21-8-10-22(11-9-21)29(35)33(24-12-13-27(34)23(18-24)20-32-16-6-7-17-32)26-19-25(14-15-31(2,3)4)38-28(26)30(36)37-5/h19,21-24,27,34H,6-13,16-18,20H2,1-5H3/t21?,22?,23?,24-,27?/m1/s1. The summed E-state index contributed by atoms with van der Waals surface area (Å²) in [5.74, 6) is 6.95. The molecular weight excluding hydrogens is 496 g/mol. The van der Waals surface area contributed by atoms with Crippen molar-refractivity contribution in [1.29, 1.82) is 0 Å².